The third kappa shape index (κ3) is 3.17. The Morgan fingerprint density at radius 2 is 1.45 bits per heavy atom. The highest BCUT2D eigenvalue weighted by Gasteiger charge is 2.62. The second kappa shape index (κ2) is 7.44. The summed E-state index contributed by atoms with van der Waals surface area (Å²) in [5.41, 5.74) is 4.87. The van der Waals surface area contributed by atoms with Crippen LogP contribution in [0.25, 0.3) is 0 Å². The van der Waals surface area contributed by atoms with E-state index in [1.165, 1.54) is 57.8 Å². The molecule has 0 amide bonds. The number of hydrogen-bond acceptors (Lipinski definition) is 2. The van der Waals surface area contributed by atoms with E-state index in [-0.39, 0.29) is 10.8 Å². The van der Waals surface area contributed by atoms with Crippen molar-refractivity contribution < 1.29 is 9.53 Å². The van der Waals surface area contributed by atoms with Gasteiger partial charge in [-0.05, 0) is 104 Å². The number of carbonyl (C=O) groups is 1. The molecule has 5 aliphatic carbocycles. The van der Waals surface area contributed by atoms with Crippen LogP contribution in [0.15, 0.2) is 11.1 Å². The van der Waals surface area contributed by atoms with E-state index in [1.54, 1.807) is 0 Å². The van der Waals surface area contributed by atoms with Crippen molar-refractivity contribution in [3.8, 4) is 0 Å². The van der Waals surface area contributed by atoms with Gasteiger partial charge in [0.25, 0.3) is 0 Å². The minimum absolute atomic E-state index is 0.146. The smallest absolute Gasteiger partial charge is 0.138 e. The molecule has 0 heterocycles. The van der Waals surface area contributed by atoms with Gasteiger partial charge in [0, 0.05) is 18.9 Å². The van der Waals surface area contributed by atoms with Gasteiger partial charge in [-0.3, -0.25) is 4.79 Å². The van der Waals surface area contributed by atoms with Crippen LogP contribution >= 0.6 is 0 Å². The van der Waals surface area contributed by atoms with Gasteiger partial charge >= 0.3 is 0 Å². The lowest BCUT2D eigenvalue weighted by atomic mass is 9.42. The summed E-state index contributed by atoms with van der Waals surface area (Å²) in [4.78, 5) is 12.9. The molecule has 33 heavy (non-hydrogen) atoms. The SMILES string of the molecule is CO[C@@H]1CC[C@]2(C)C3=C(CC[C@@H]2C1(C)C)C[C@]1(C)CC[C@H]2C(C)(C)C(=O)CC[C@]2(C)[C@H]1CC3. The topological polar surface area (TPSA) is 26.3 Å². The van der Waals surface area contributed by atoms with Crippen LogP contribution in [0.2, 0.25) is 0 Å². The second-order valence-corrected chi connectivity index (χ2v) is 14.8. The number of allylic oxidation sites excluding steroid dienone is 2. The zero-order valence-electron chi connectivity index (χ0n) is 22.9. The molecule has 2 nitrogen and oxygen atoms in total. The molecule has 0 radical (unpaired) electrons. The summed E-state index contributed by atoms with van der Waals surface area (Å²) in [7, 11) is 1.92. The summed E-state index contributed by atoms with van der Waals surface area (Å²) in [6, 6.07) is 0. The molecule has 3 fully saturated rings. The first kappa shape index (κ1) is 24.1. The van der Waals surface area contributed by atoms with Gasteiger partial charge in [-0.2, -0.15) is 0 Å². The number of methoxy groups -OCH3 is 1. The van der Waals surface area contributed by atoms with Gasteiger partial charge in [0.2, 0.25) is 0 Å². The van der Waals surface area contributed by atoms with E-state index >= 15 is 0 Å². The molecule has 0 spiro atoms. The number of carbonyl (C=O) groups excluding carboxylic acids is 1. The van der Waals surface area contributed by atoms with Crippen LogP contribution in [0.1, 0.15) is 119 Å². The van der Waals surface area contributed by atoms with Gasteiger partial charge in [0.15, 0.2) is 0 Å². The highest BCUT2D eigenvalue weighted by Crippen LogP contribution is 2.69. The van der Waals surface area contributed by atoms with Gasteiger partial charge < -0.3 is 4.74 Å². The third-order valence-corrected chi connectivity index (χ3v) is 12.8. The molecule has 3 saturated carbocycles. The average molecular weight is 455 g/mol. The summed E-state index contributed by atoms with van der Waals surface area (Å²) in [6.45, 7) is 17.4. The molecule has 0 aromatic heterocycles. The maximum Gasteiger partial charge on any atom is 0.138 e. The zero-order valence-corrected chi connectivity index (χ0v) is 22.9. The molecule has 186 valence electrons. The summed E-state index contributed by atoms with van der Waals surface area (Å²) in [5.74, 6) is 2.54. The Labute approximate surface area is 203 Å². The lowest BCUT2D eigenvalue weighted by Gasteiger charge is -2.62. The van der Waals surface area contributed by atoms with Crippen LogP contribution in [0, 0.1) is 44.8 Å². The number of Topliss-reactive ketones (excluding diaryl/α,β-unsaturated/α-hetero) is 1. The molecule has 5 rings (SSSR count). The minimum Gasteiger partial charge on any atom is -0.381 e. The molecule has 0 bridgehead atoms. The number of ether oxygens (including phenoxy) is 1. The lowest BCUT2D eigenvalue weighted by Crippen LogP contribution is -2.57. The van der Waals surface area contributed by atoms with E-state index < -0.39 is 0 Å². The van der Waals surface area contributed by atoms with Crippen molar-refractivity contribution in [2.45, 2.75) is 125 Å². The molecule has 0 unspecified atom stereocenters. The Morgan fingerprint density at radius 1 is 0.758 bits per heavy atom. The number of ketones is 1. The van der Waals surface area contributed by atoms with Crippen molar-refractivity contribution in [2.75, 3.05) is 7.11 Å². The fourth-order valence-electron chi connectivity index (χ4n) is 11.1. The Bertz CT molecular complexity index is 864. The summed E-state index contributed by atoms with van der Waals surface area (Å²) < 4.78 is 6.01. The number of fused-ring (bicyclic) bond motifs is 5. The largest absolute Gasteiger partial charge is 0.381 e. The first-order chi connectivity index (χ1) is 15.3. The van der Waals surface area contributed by atoms with Crippen molar-refractivity contribution in [1.29, 1.82) is 0 Å². The van der Waals surface area contributed by atoms with E-state index in [1.807, 2.05) is 18.3 Å². The zero-order chi connectivity index (χ0) is 24.0. The first-order valence-corrected chi connectivity index (χ1v) is 14.1. The molecule has 5 aliphatic rings. The second-order valence-electron chi connectivity index (χ2n) is 14.8. The molecule has 0 aromatic rings. The monoisotopic (exact) mass is 454 g/mol. The molecule has 2 heteroatoms. The van der Waals surface area contributed by atoms with Crippen molar-refractivity contribution in [3.05, 3.63) is 11.1 Å². The molecule has 0 aliphatic heterocycles. The van der Waals surface area contributed by atoms with Gasteiger partial charge in [-0.1, -0.05) is 59.6 Å². The Kier molecular flexibility index (Phi) is 5.43. The van der Waals surface area contributed by atoms with Gasteiger partial charge in [-0.25, -0.2) is 0 Å². The van der Waals surface area contributed by atoms with Crippen LogP contribution in [0.4, 0.5) is 0 Å². The Balaban J connectivity index is 1.50. The van der Waals surface area contributed by atoms with Gasteiger partial charge in [0.05, 0.1) is 6.10 Å². The average Bonchev–Trinajstić information content (AvgIpc) is 2.88. The maximum absolute atomic E-state index is 12.9. The summed E-state index contributed by atoms with van der Waals surface area (Å²) >= 11 is 0. The van der Waals surface area contributed by atoms with Crippen LogP contribution < -0.4 is 0 Å². The minimum atomic E-state index is -0.146. The van der Waals surface area contributed by atoms with Crippen molar-refractivity contribution in [3.63, 3.8) is 0 Å². The predicted molar refractivity (Wildman–Crippen MR) is 136 cm³/mol. The Morgan fingerprint density at radius 3 is 2.15 bits per heavy atom. The molecular weight excluding hydrogens is 404 g/mol. The molecule has 0 aromatic carbocycles. The van der Waals surface area contributed by atoms with Crippen LogP contribution in [0.3, 0.4) is 0 Å². The van der Waals surface area contributed by atoms with E-state index in [2.05, 4.69) is 48.5 Å². The van der Waals surface area contributed by atoms with Crippen LogP contribution in [-0.2, 0) is 9.53 Å². The lowest BCUT2D eigenvalue weighted by molar-refractivity contribution is -0.159. The summed E-state index contributed by atoms with van der Waals surface area (Å²) in [5, 5.41) is 0. The Hall–Kier alpha value is -0.630. The quantitative estimate of drug-likeness (QED) is 0.374. The van der Waals surface area contributed by atoms with Crippen molar-refractivity contribution >= 4 is 5.78 Å². The molecular formula is C31H50O2. The molecule has 0 saturated heterocycles. The van der Waals surface area contributed by atoms with Crippen LogP contribution in [0.5, 0.6) is 0 Å². The highest BCUT2D eigenvalue weighted by molar-refractivity contribution is 5.85. The summed E-state index contributed by atoms with van der Waals surface area (Å²) in [6.07, 6.45) is 14.0. The third-order valence-electron chi connectivity index (χ3n) is 12.8. The standard InChI is InChI=1S/C31H50O2/c1-27(2)23-13-16-29(5)19-20-9-11-22-28(3,4)26(33-8)15-18-30(22,6)21(20)10-12-24(29)31(23,7)17-14-25(27)32/h22-24,26H,9-19H2,1-8H3/t22-,23+,24+,26-,29+,30-,31+/m1/s1. The van der Waals surface area contributed by atoms with Crippen LogP contribution in [-0.4, -0.2) is 19.0 Å². The maximum atomic E-state index is 12.9. The normalized spacial score (nSPS) is 48.8. The number of hydrogen-bond donors (Lipinski definition) is 0. The van der Waals surface area contributed by atoms with Crippen molar-refractivity contribution in [2.24, 2.45) is 44.8 Å². The van der Waals surface area contributed by atoms with E-state index in [4.69, 9.17) is 4.74 Å². The first-order valence-electron chi connectivity index (χ1n) is 14.1. The van der Waals surface area contributed by atoms with E-state index in [0.29, 0.717) is 34.1 Å². The number of rotatable bonds is 1. The predicted octanol–water partition coefficient (Wildman–Crippen LogP) is 8.15. The van der Waals surface area contributed by atoms with E-state index in [9.17, 15) is 4.79 Å². The van der Waals surface area contributed by atoms with Gasteiger partial charge in [-0.15, -0.1) is 0 Å². The fourth-order valence-corrected chi connectivity index (χ4v) is 11.1. The van der Waals surface area contributed by atoms with Gasteiger partial charge in [0.1, 0.15) is 5.78 Å². The molecule has 0 N–H and O–H groups in total. The van der Waals surface area contributed by atoms with Crippen molar-refractivity contribution in [1.82, 2.24) is 0 Å². The highest BCUT2D eigenvalue weighted by atomic mass is 16.5. The van der Waals surface area contributed by atoms with E-state index in [0.717, 1.165) is 24.7 Å². The molecule has 7 atom stereocenters. The fraction of sp³-hybridized carbons (Fsp3) is 0.903.